The molecule has 2 amide bonds. The van der Waals surface area contributed by atoms with E-state index >= 15 is 0 Å². The molecule has 1 fully saturated rings. The summed E-state index contributed by atoms with van der Waals surface area (Å²) < 4.78 is 39.7. The molecule has 1 saturated heterocycles. The summed E-state index contributed by atoms with van der Waals surface area (Å²) in [4.78, 5) is 37.4. The monoisotopic (exact) mass is 471 g/mol. The molecule has 0 saturated carbocycles. The van der Waals surface area contributed by atoms with Crippen LogP contribution in [0.3, 0.4) is 0 Å². The van der Waals surface area contributed by atoms with Crippen molar-refractivity contribution in [2.75, 3.05) is 18.9 Å². The zero-order valence-electron chi connectivity index (χ0n) is 16.3. The van der Waals surface area contributed by atoms with Gasteiger partial charge in [-0.3, -0.25) is 14.4 Å². The number of nitrogens with one attached hydrogen (secondary N) is 1. The summed E-state index contributed by atoms with van der Waals surface area (Å²) in [6.07, 6.45) is -0.842. The van der Waals surface area contributed by atoms with Gasteiger partial charge in [0.15, 0.2) is 5.82 Å². The SMILES string of the molecule is CN1CC(C#Cc2cc(C(=O)Nc3cc(F)c(=O)n(CC(F)F)c3)sc2Cl)CCC1=O. The molecule has 0 aliphatic carbocycles. The van der Waals surface area contributed by atoms with Gasteiger partial charge in [0.05, 0.1) is 22.7 Å². The molecule has 3 rings (SSSR count). The molecular formula is C20H17ClF3N3O3S. The van der Waals surface area contributed by atoms with E-state index in [9.17, 15) is 27.6 Å². The molecule has 0 bridgehead atoms. The fourth-order valence-corrected chi connectivity index (χ4v) is 4.11. The van der Waals surface area contributed by atoms with Crippen molar-refractivity contribution >= 4 is 40.4 Å². The van der Waals surface area contributed by atoms with E-state index in [4.69, 9.17) is 11.6 Å². The number of nitrogens with zero attached hydrogens (tertiary/aromatic N) is 2. The number of carbonyl (C=O) groups excluding carboxylic acids is 2. The van der Waals surface area contributed by atoms with Gasteiger partial charge in [0.25, 0.3) is 17.9 Å². The maximum atomic E-state index is 13.7. The summed E-state index contributed by atoms with van der Waals surface area (Å²) in [6.45, 7) is -0.479. The lowest BCUT2D eigenvalue weighted by atomic mass is 9.98. The third-order valence-electron chi connectivity index (χ3n) is 4.58. The molecule has 31 heavy (non-hydrogen) atoms. The average Bonchev–Trinajstić information content (AvgIpc) is 3.07. The van der Waals surface area contributed by atoms with E-state index in [0.717, 1.165) is 23.6 Å². The molecule has 6 nitrogen and oxygen atoms in total. The van der Waals surface area contributed by atoms with Gasteiger partial charge in [-0.2, -0.15) is 0 Å². The van der Waals surface area contributed by atoms with Crippen molar-refractivity contribution in [3.63, 3.8) is 0 Å². The van der Waals surface area contributed by atoms with Gasteiger partial charge in [0.2, 0.25) is 5.91 Å². The largest absolute Gasteiger partial charge is 0.345 e. The van der Waals surface area contributed by atoms with Crippen LogP contribution >= 0.6 is 22.9 Å². The fraction of sp³-hybridized carbons (Fsp3) is 0.350. The Labute approximate surface area is 184 Å². The van der Waals surface area contributed by atoms with Crippen molar-refractivity contribution in [3.05, 3.63) is 49.3 Å². The third kappa shape index (κ3) is 5.68. The molecule has 1 atom stereocenters. The second-order valence-electron chi connectivity index (χ2n) is 6.96. The highest BCUT2D eigenvalue weighted by atomic mass is 35.5. The zero-order chi connectivity index (χ0) is 22.7. The highest BCUT2D eigenvalue weighted by molar-refractivity contribution is 7.18. The first kappa shape index (κ1) is 22.9. The van der Waals surface area contributed by atoms with Crippen molar-refractivity contribution in [2.45, 2.75) is 25.8 Å². The van der Waals surface area contributed by atoms with Crippen LogP contribution in [0.5, 0.6) is 0 Å². The Morgan fingerprint density at radius 1 is 1.39 bits per heavy atom. The Morgan fingerprint density at radius 3 is 2.81 bits per heavy atom. The molecule has 1 unspecified atom stereocenters. The first-order chi connectivity index (χ1) is 14.6. The highest BCUT2D eigenvalue weighted by Gasteiger charge is 2.21. The number of amides is 2. The number of alkyl halides is 2. The molecule has 2 aromatic rings. The van der Waals surface area contributed by atoms with Crippen LogP contribution in [0, 0.1) is 23.6 Å². The van der Waals surface area contributed by atoms with Gasteiger partial charge in [-0.05, 0) is 12.5 Å². The van der Waals surface area contributed by atoms with Crippen molar-refractivity contribution in [2.24, 2.45) is 5.92 Å². The van der Waals surface area contributed by atoms with Crippen molar-refractivity contribution in [3.8, 4) is 11.8 Å². The van der Waals surface area contributed by atoms with Crippen LogP contribution in [0.2, 0.25) is 4.34 Å². The number of halogens is 4. The van der Waals surface area contributed by atoms with Crippen LogP contribution in [0.15, 0.2) is 23.1 Å². The normalized spacial score (nSPS) is 16.3. The van der Waals surface area contributed by atoms with Crippen LogP contribution in [0.25, 0.3) is 0 Å². The standard InChI is InChI=1S/C20H17ClF3N3O3S/c1-26-8-11(3-5-17(26)28)2-4-12-6-15(31-18(12)21)19(29)25-13-7-14(22)20(30)27(9-13)10-16(23)24/h6-7,9,11,16H,3,5,8,10H2,1H3,(H,25,29). The Hall–Kier alpha value is -2.77. The number of carbonyl (C=O) groups is 2. The maximum absolute atomic E-state index is 13.7. The lowest BCUT2D eigenvalue weighted by Crippen LogP contribution is -2.36. The van der Waals surface area contributed by atoms with E-state index in [1.807, 2.05) is 0 Å². The first-order valence-corrected chi connectivity index (χ1v) is 10.4. The van der Waals surface area contributed by atoms with Gasteiger partial charge in [0, 0.05) is 38.2 Å². The third-order valence-corrected chi connectivity index (χ3v) is 5.94. The molecule has 1 aliphatic rings. The lowest BCUT2D eigenvalue weighted by Gasteiger charge is -2.26. The second kappa shape index (κ2) is 9.58. The van der Waals surface area contributed by atoms with Gasteiger partial charge in [-0.25, -0.2) is 13.2 Å². The number of aromatic nitrogens is 1. The lowest BCUT2D eigenvalue weighted by molar-refractivity contribution is -0.132. The molecule has 164 valence electrons. The Morgan fingerprint density at radius 2 is 2.13 bits per heavy atom. The van der Waals surface area contributed by atoms with Crippen molar-refractivity contribution in [1.82, 2.24) is 9.47 Å². The van der Waals surface area contributed by atoms with E-state index in [-0.39, 0.29) is 26.7 Å². The number of hydrogen-bond acceptors (Lipinski definition) is 4. The molecule has 2 aromatic heterocycles. The summed E-state index contributed by atoms with van der Waals surface area (Å²) in [5, 5.41) is 2.37. The predicted octanol–water partition coefficient (Wildman–Crippen LogP) is 3.44. The molecule has 11 heteroatoms. The molecular weight excluding hydrogens is 455 g/mol. The summed E-state index contributed by atoms with van der Waals surface area (Å²) in [6, 6.07) is 2.23. The van der Waals surface area contributed by atoms with Crippen LogP contribution in [0.1, 0.15) is 28.1 Å². The van der Waals surface area contributed by atoms with E-state index in [2.05, 4.69) is 17.2 Å². The van der Waals surface area contributed by atoms with Gasteiger partial charge in [0.1, 0.15) is 4.34 Å². The smallest absolute Gasteiger partial charge is 0.286 e. The van der Waals surface area contributed by atoms with Crippen molar-refractivity contribution in [1.29, 1.82) is 0 Å². The Balaban J connectivity index is 1.74. The van der Waals surface area contributed by atoms with Gasteiger partial charge in [-0.1, -0.05) is 23.4 Å². The topological polar surface area (TPSA) is 71.4 Å². The number of thiophene rings is 1. The minimum absolute atomic E-state index is 0.00481. The number of anilines is 1. The molecule has 3 heterocycles. The van der Waals surface area contributed by atoms with E-state index < -0.39 is 30.3 Å². The van der Waals surface area contributed by atoms with Gasteiger partial charge >= 0.3 is 0 Å². The highest BCUT2D eigenvalue weighted by Crippen LogP contribution is 2.28. The fourth-order valence-electron chi connectivity index (χ4n) is 3.02. The molecule has 0 spiro atoms. The molecule has 0 aromatic carbocycles. The number of pyridine rings is 1. The average molecular weight is 472 g/mol. The van der Waals surface area contributed by atoms with E-state index in [1.165, 1.54) is 6.07 Å². The van der Waals surface area contributed by atoms with Crippen LogP contribution in [-0.4, -0.2) is 41.3 Å². The first-order valence-electron chi connectivity index (χ1n) is 9.18. The van der Waals surface area contributed by atoms with E-state index in [1.54, 1.807) is 11.9 Å². The number of hydrogen-bond donors (Lipinski definition) is 1. The molecule has 0 radical (unpaired) electrons. The summed E-state index contributed by atoms with van der Waals surface area (Å²) >= 11 is 7.13. The Kier molecular flexibility index (Phi) is 7.08. The predicted molar refractivity (Wildman–Crippen MR) is 111 cm³/mol. The van der Waals surface area contributed by atoms with Crippen LogP contribution in [0.4, 0.5) is 18.9 Å². The number of rotatable bonds is 4. The van der Waals surface area contributed by atoms with Crippen molar-refractivity contribution < 1.29 is 22.8 Å². The minimum atomic E-state index is -2.86. The molecule has 1 N–H and O–H groups in total. The zero-order valence-corrected chi connectivity index (χ0v) is 17.8. The summed E-state index contributed by atoms with van der Waals surface area (Å²) in [7, 11) is 1.71. The van der Waals surface area contributed by atoms with Crippen LogP contribution in [-0.2, 0) is 11.3 Å². The van der Waals surface area contributed by atoms with E-state index in [0.29, 0.717) is 29.5 Å². The molecule has 1 aliphatic heterocycles. The number of likely N-dealkylation sites (tertiary alicyclic amines) is 1. The maximum Gasteiger partial charge on any atom is 0.286 e. The number of piperidine rings is 1. The summed E-state index contributed by atoms with van der Waals surface area (Å²) in [5.74, 6) is 4.14. The van der Waals surface area contributed by atoms with Gasteiger partial charge < -0.3 is 14.8 Å². The Bertz CT molecular complexity index is 1140. The van der Waals surface area contributed by atoms with Crippen LogP contribution < -0.4 is 10.9 Å². The second-order valence-corrected chi connectivity index (χ2v) is 8.61. The minimum Gasteiger partial charge on any atom is -0.345 e. The van der Waals surface area contributed by atoms with Gasteiger partial charge in [-0.15, -0.1) is 11.3 Å². The quantitative estimate of drug-likeness (QED) is 0.694. The summed E-state index contributed by atoms with van der Waals surface area (Å²) in [5.41, 5.74) is -0.912.